The first kappa shape index (κ1) is 19.3. The van der Waals surface area contributed by atoms with Gasteiger partial charge < -0.3 is 13.9 Å². The molecule has 0 fully saturated rings. The summed E-state index contributed by atoms with van der Waals surface area (Å²) in [5, 5.41) is 5.96. The Kier molecular flexibility index (Phi) is 5.95. The molecular weight excluding hydrogens is 388 g/mol. The minimum atomic E-state index is -0.171. The molecule has 0 aliphatic heterocycles. The molecule has 1 N–H and O–H groups in total. The van der Waals surface area contributed by atoms with E-state index in [9.17, 15) is 4.79 Å². The first-order chi connectivity index (χ1) is 14.2. The quantitative estimate of drug-likeness (QED) is 0.457. The fourth-order valence-electron chi connectivity index (χ4n) is 3.27. The number of hydrazone groups is 1. The van der Waals surface area contributed by atoms with Crippen LogP contribution < -0.4 is 14.9 Å². The molecule has 0 spiro atoms. The van der Waals surface area contributed by atoms with Crippen molar-refractivity contribution in [1.82, 2.24) is 5.43 Å². The van der Waals surface area contributed by atoms with E-state index in [1.165, 1.54) is 23.1 Å². The second kappa shape index (κ2) is 8.96. The van der Waals surface area contributed by atoms with E-state index in [0.29, 0.717) is 18.1 Å². The van der Waals surface area contributed by atoms with E-state index in [1.807, 2.05) is 35.7 Å². The predicted molar refractivity (Wildman–Crippen MR) is 112 cm³/mol. The molecule has 0 atom stereocenters. The summed E-state index contributed by atoms with van der Waals surface area (Å²) >= 11 is 1.67. The number of aryl methyl sites for hydroxylation is 1. The van der Waals surface area contributed by atoms with Crippen LogP contribution in [0.5, 0.6) is 11.5 Å². The molecule has 6 nitrogen and oxygen atoms in total. The molecule has 150 valence electrons. The Morgan fingerprint density at radius 1 is 1.17 bits per heavy atom. The number of benzene rings is 1. The summed E-state index contributed by atoms with van der Waals surface area (Å²) in [7, 11) is 1.62. The number of hydrogen-bond acceptors (Lipinski definition) is 6. The highest BCUT2D eigenvalue weighted by atomic mass is 32.1. The third kappa shape index (κ3) is 4.68. The van der Waals surface area contributed by atoms with Crippen LogP contribution in [0, 0.1) is 0 Å². The number of nitrogens with one attached hydrogen (secondary N) is 1. The van der Waals surface area contributed by atoms with Crippen molar-refractivity contribution in [3.8, 4) is 11.5 Å². The zero-order valence-electron chi connectivity index (χ0n) is 16.1. The van der Waals surface area contributed by atoms with Gasteiger partial charge in [0.2, 0.25) is 0 Å². The van der Waals surface area contributed by atoms with Crippen LogP contribution in [0.15, 0.2) is 51.3 Å². The van der Waals surface area contributed by atoms with Crippen molar-refractivity contribution in [3.05, 3.63) is 69.3 Å². The molecular formula is C22H22N2O4S. The minimum absolute atomic E-state index is 0.171. The third-order valence-electron chi connectivity index (χ3n) is 4.79. The zero-order valence-corrected chi connectivity index (χ0v) is 17.0. The minimum Gasteiger partial charge on any atom is -0.497 e. The number of carbonyl (C=O) groups is 1. The molecule has 1 aromatic carbocycles. The maximum absolute atomic E-state index is 12.4. The van der Waals surface area contributed by atoms with Gasteiger partial charge in [-0.1, -0.05) is 0 Å². The second-order valence-electron chi connectivity index (χ2n) is 6.73. The van der Waals surface area contributed by atoms with Gasteiger partial charge in [0.15, 0.2) is 0 Å². The molecule has 1 aliphatic rings. The van der Waals surface area contributed by atoms with Crippen molar-refractivity contribution in [3.63, 3.8) is 0 Å². The number of furan rings is 1. The summed E-state index contributed by atoms with van der Waals surface area (Å²) in [5.41, 5.74) is 4.53. The highest BCUT2D eigenvalue weighted by Crippen LogP contribution is 2.30. The van der Waals surface area contributed by atoms with Crippen molar-refractivity contribution < 1.29 is 18.7 Å². The van der Waals surface area contributed by atoms with Gasteiger partial charge in [0.25, 0.3) is 5.91 Å². The summed E-state index contributed by atoms with van der Waals surface area (Å²) < 4.78 is 16.5. The van der Waals surface area contributed by atoms with Gasteiger partial charge in [0.05, 0.1) is 18.9 Å². The second-order valence-corrected chi connectivity index (χ2v) is 7.69. The van der Waals surface area contributed by atoms with E-state index >= 15 is 0 Å². The van der Waals surface area contributed by atoms with Gasteiger partial charge in [-0.25, -0.2) is 5.43 Å². The monoisotopic (exact) mass is 410 g/mol. The van der Waals surface area contributed by atoms with Gasteiger partial charge in [0, 0.05) is 10.3 Å². The van der Waals surface area contributed by atoms with Gasteiger partial charge in [-0.3, -0.25) is 4.79 Å². The number of fused-ring (bicyclic) bond motifs is 1. The SMILES string of the molecule is COc1ccc(OCc2ccc(/C=N\NC(=O)c3csc4c3CCCC4)o2)cc1. The van der Waals surface area contributed by atoms with Crippen LogP contribution in [0.4, 0.5) is 0 Å². The molecule has 0 radical (unpaired) electrons. The van der Waals surface area contributed by atoms with Crippen molar-refractivity contribution in [2.75, 3.05) is 7.11 Å². The normalized spacial score (nSPS) is 13.3. The fraction of sp³-hybridized carbons (Fsp3) is 0.273. The highest BCUT2D eigenvalue weighted by molar-refractivity contribution is 7.10. The Bertz CT molecular complexity index is 1000. The van der Waals surface area contributed by atoms with Gasteiger partial charge in [-0.15, -0.1) is 11.3 Å². The van der Waals surface area contributed by atoms with Crippen molar-refractivity contribution in [1.29, 1.82) is 0 Å². The summed E-state index contributed by atoms with van der Waals surface area (Å²) in [6.07, 6.45) is 5.88. The molecule has 0 unspecified atom stereocenters. The molecule has 2 heterocycles. The zero-order chi connectivity index (χ0) is 20.1. The smallest absolute Gasteiger partial charge is 0.272 e. The average Bonchev–Trinajstić information content (AvgIpc) is 3.39. The lowest BCUT2D eigenvalue weighted by atomic mass is 9.96. The van der Waals surface area contributed by atoms with Crippen LogP contribution in [0.1, 0.15) is 45.2 Å². The molecule has 1 amide bonds. The van der Waals surface area contributed by atoms with Crippen LogP contribution >= 0.6 is 11.3 Å². The summed E-state index contributed by atoms with van der Waals surface area (Å²) in [6, 6.07) is 11.0. The Balaban J connectivity index is 1.30. The van der Waals surface area contributed by atoms with E-state index in [2.05, 4.69) is 10.5 Å². The predicted octanol–water partition coefficient (Wildman–Crippen LogP) is 4.57. The first-order valence-corrected chi connectivity index (χ1v) is 10.4. The number of amides is 1. The highest BCUT2D eigenvalue weighted by Gasteiger charge is 2.19. The fourth-order valence-corrected chi connectivity index (χ4v) is 4.39. The number of hydrogen-bond donors (Lipinski definition) is 1. The maximum atomic E-state index is 12.4. The molecule has 0 bridgehead atoms. The standard InChI is InChI=1S/C22H22N2O4S/c1-26-15-6-8-16(9-7-15)27-13-18-11-10-17(28-18)12-23-24-22(25)20-14-29-21-5-3-2-4-19(20)21/h6-12,14H,2-5,13H2,1H3,(H,24,25)/b23-12-. The molecule has 3 aromatic rings. The van der Waals surface area contributed by atoms with Crippen molar-refractivity contribution >= 4 is 23.5 Å². The number of rotatable bonds is 7. The summed E-state index contributed by atoms with van der Waals surface area (Å²) in [4.78, 5) is 13.7. The molecule has 7 heteroatoms. The Morgan fingerprint density at radius 3 is 2.79 bits per heavy atom. The Labute approximate surface area is 173 Å². The Hall–Kier alpha value is -3.06. The van der Waals surface area contributed by atoms with Gasteiger partial charge in [0.1, 0.15) is 29.6 Å². The van der Waals surface area contributed by atoms with E-state index < -0.39 is 0 Å². The van der Waals surface area contributed by atoms with Crippen LogP contribution in [0.25, 0.3) is 0 Å². The summed E-state index contributed by atoms with van der Waals surface area (Å²) in [5.74, 6) is 2.55. The lowest BCUT2D eigenvalue weighted by Gasteiger charge is -2.11. The first-order valence-electron chi connectivity index (χ1n) is 9.51. The van der Waals surface area contributed by atoms with Gasteiger partial charge >= 0.3 is 0 Å². The van der Waals surface area contributed by atoms with Crippen molar-refractivity contribution in [2.24, 2.45) is 5.10 Å². The molecule has 2 aromatic heterocycles. The number of carbonyl (C=O) groups excluding carboxylic acids is 1. The van der Waals surface area contributed by atoms with E-state index in [4.69, 9.17) is 13.9 Å². The van der Waals surface area contributed by atoms with Crippen LogP contribution in [-0.4, -0.2) is 19.2 Å². The van der Waals surface area contributed by atoms with Gasteiger partial charge in [-0.2, -0.15) is 5.10 Å². The van der Waals surface area contributed by atoms with E-state index in [-0.39, 0.29) is 5.91 Å². The average molecular weight is 410 g/mol. The topological polar surface area (TPSA) is 73.1 Å². The number of ether oxygens (including phenoxy) is 2. The van der Waals surface area contributed by atoms with Gasteiger partial charge in [-0.05, 0) is 67.6 Å². The lowest BCUT2D eigenvalue weighted by Crippen LogP contribution is -2.19. The number of thiophene rings is 1. The molecule has 0 saturated carbocycles. The van der Waals surface area contributed by atoms with Crippen LogP contribution in [-0.2, 0) is 19.4 Å². The Morgan fingerprint density at radius 2 is 1.97 bits per heavy atom. The van der Waals surface area contributed by atoms with E-state index in [1.54, 1.807) is 24.5 Å². The third-order valence-corrected chi connectivity index (χ3v) is 5.88. The maximum Gasteiger partial charge on any atom is 0.272 e. The largest absolute Gasteiger partial charge is 0.497 e. The number of nitrogens with zero attached hydrogens (tertiary/aromatic N) is 1. The van der Waals surface area contributed by atoms with Crippen LogP contribution in [0.3, 0.4) is 0 Å². The van der Waals surface area contributed by atoms with Crippen LogP contribution in [0.2, 0.25) is 0 Å². The molecule has 1 aliphatic carbocycles. The number of methoxy groups -OCH3 is 1. The molecule has 4 rings (SSSR count). The van der Waals surface area contributed by atoms with E-state index in [0.717, 1.165) is 36.3 Å². The van der Waals surface area contributed by atoms with Crippen molar-refractivity contribution in [2.45, 2.75) is 32.3 Å². The summed E-state index contributed by atoms with van der Waals surface area (Å²) in [6.45, 7) is 0.299. The molecule has 29 heavy (non-hydrogen) atoms. The lowest BCUT2D eigenvalue weighted by molar-refractivity contribution is 0.0954. The molecule has 0 saturated heterocycles.